The number of benzene rings is 1. The quantitative estimate of drug-likeness (QED) is 0.853. The Hall–Kier alpha value is -1.35. The Morgan fingerprint density at radius 2 is 1.76 bits per heavy atom. The lowest BCUT2D eigenvalue weighted by Gasteiger charge is -2.38. The molecule has 0 radical (unpaired) electrons. The zero-order valence-electron chi connectivity index (χ0n) is 13.1. The monoisotopic (exact) mass is 286 g/mol. The minimum atomic E-state index is 0.287. The van der Waals surface area contributed by atoms with Crippen molar-refractivity contribution >= 4 is 5.91 Å². The second-order valence-electron chi connectivity index (χ2n) is 6.46. The molecule has 1 aliphatic carbocycles. The van der Waals surface area contributed by atoms with Crippen LogP contribution in [0.2, 0.25) is 0 Å². The largest absolute Gasteiger partial charge is 0.340 e. The highest BCUT2D eigenvalue weighted by Gasteiger charge is 2.27. The van der Waals surface area contributed by atoms with Crippen LogP contribution in [0.25, 0.3) is 0 Å². The third kappa shape index (κ3) is 3.46. The van der Waals surface area contributed by atoms with E-state index in [0.29, 0.717) is 6.42 Å². The second-order valence-corrected chi connectivity index (χ2v) is 6.46. The van der Waals surface area contributed by atoms with E-state index in [1.54, 1.807) is 0 Å². The standard InChI is InChI=1S/C18H26N2O/c1-15-6-2-3-7-16(15)14-18(21)20-12-10-19(11-13-20)17-8-4-5-9-17/h2-3,6-7,17H,4-5,8-14H2,1H3. The van der Waals surface area contributed by atoms with Gasteiger partial charge in [-0.15, -0.1) is 0 Å². The van der Waals surface area contributed by atoms with Crippen molar-refractivity contribution in [2.45, 2.75) is 45.1 Å². The lowest BCUT2D eigenvalue weighted by atomic mass is 10.0. The van der Waals surface area contributed by atoms with Crippen LogP contribution in [0.1, 0.15) is 36.8 Å². The summed E-state index contributed by atoms with van der Waals surface area (Å²) in [5.41, 5.74) is 2.39. The van der Waals surface area contributed by atoms with E-state index in [4.69, 9.17) is 0 Å². The minimum absolute atomic E-state index is 0.287. The molecule has 0 aromatic heterocycles. The van der Waals surface area contributed by atoms with Gasteiger partial charge in [0.05, 0.1) is 6.42 Å². The Labute approximate surface area is 127 Å². The number of carbonyl (C=O) groups excluding carboxylic acids is 1. The summed E-state index contributed by atoms with van der Waals surface area (Å²) in [4.78, 5) is 17.1. The molecule has 0 spiro atoms. The molecule has 114 valence electrons. The van der Waals surface area contributed by atoms with Crippen LogP contribution in [0, 0.1) is 6.92 Å². The molecule has 1 saturated carbocycles. The summed E-state index contributed by atoms with van der Waals surface area (Å²) in [6, 6.07) is 9.00. The summed E-state index contributed by atoms with van der Waals surface area (Å²) in [5.74, 6) is 0.287. The fraction of sp³-hybridized carbons (Fsp3) is 0.611. The first-order valence-electron chi connectivity index (χ1n) is 8.30. The first-order chi connectivity index (χ1) is 10.2. The molecule has 3 heteroatoms. The van der Waals surface area contributed by atoms with Crippen molar-refractivity contribution in [2.24, 2.45) is 0 Å². The number of hydrogen-bond donors (Lipinski definition) is 0. The fourth-order valence-corrected chi connectivity index (χ4v) is 3.69. The van der Waals surface area contributed by atoms with Gasteiger partial charge in [0, 0.05) is 32.2 Å². The van der Waals surface area contributed by atoms with Crippen LogP contribution in [0.3, 0.4) is 0 Å². The van der Waals surface area contributed by atoms with Crippen molar-refractivity contribution in [1.82, 2.24) is 9.80 Å². The van der Waals surface area contributed by atoms with Crippen LogP contribution >= 0.6 is 0 Å². The molecule has 2 fully saturated rings. The van der Waals surface area contributed by atoms with Crippen LogP contribution in [0.5, 0.6) is 0 Å². The maximum atomic E-state index is 12.5. The summed E-state index contributed by atoms with van der Waals surface area (Å²) in [6.45, 7) is 6.01. The van der Waals surface area contributed by atoms with Gasteiger partial charge in [0.2, 0.25) is 5.91 Å². The van der Waals surface area contributed by atoms with Crippen LogP contribution in [0.15, 0.2) is 24.3 Å². The van der Waals surface area contributed by atoms with E-state index >= 15 is 0 Å². The maximum absolute atomic E-state index is 12.5. The summed E-state index contributed by atoms with van der Waals surface area (Å²) in [5, 5.41) is 0. The summed E-state index contributed by atoms with van der Waals surface area (Å²) >= 11 is 0. The van der Waals surface area contributed by atoms with E-state index in [9.17, 15) is 4.79 Å². The molecule has 1 aromatic carbocycles. The molecular formula is C18H26N2O. The van der Waals surface area contributed by atoms with Crippen molar-refractivity contribution in [3.05, 3.63) is 35.4 Å². The molecule has 0 atom stereocenters. The van der Waals surface area contributed by atoms with E-state index in [1.807, 2.05) is 12.1 Å². The zero-order chi connectivity index (χ0) is 14.7. The van der Waals surface area contributed by atoms with Gasteiger partial charge in [-0.25, -0.2) is 0 Å². The first kappa shape index (κ1) is 14.6. The molecule has 1 aliphatic heterocycles. The fourth-order valence-electron chi connectivity index (χ4n) is 3.69. The number of hydrogen-bond acceptors (Lipinski definition) is 2. The van der Waals surface area contributed by atoms with Crippen LogP contribution in [0.4, 0.5) is 0 Å². The molecule has 3 nitrogen and oxygen atoms in total. The van der Waals surface area contributed by atoms with Gasteiger partial charge in [-0.2, -0.15) is 0 Å². The Morgan fingerprint density at radius 3 is 2.43 bits per heavy atom. The Balaban J connectivity index is 1.52. The lowest BCUT2D eigenvalue weighted by molar-refractivity contribution is -0.132. The van der Waals surface area contributed by atoms with Crippen molar-refractivity contribution in [3.63, 3.8) is 0 Å². The third-order valence-corrected chi connectivity index (χ3v) is 5.11. The highest BCUT2D eigenvalue weighted by atomic mass is 16.2. The molecule has 0 N–H and O–H groups in total. The molecule has 1 saturated heterocycles. The van der Waals surface area contributed by atoms with Crippen molar-refractivity contribution < 1.29 is 4.79 Å². The average molecular weight is 286 g/mol. The van der Waals surface area contributed by atoms with E-state index in [0.717, 1.165) is 32.2 Å². The van der Waals surface area contributed by atoms with Gasteiger partial charge in [-0.3, -0.25) is 9.69 Å². The van der Waals surface area contributed by atoms with Gasteiger partial charge in [0.15, 0.2) is 0 Å². The number of aryl methyl sites for hydroxylation is 1. The van der Waals surface area contributed by atoms with E-state index in [1.165, 1.54) is 36.8 Å². The van der Waals surface area contributed by atoms with Gasteiger partial charge in [-0.1, -0.05) is 37.1 Å². The van der Waals surface area contributed by atoms with Gasteiger partial charge >= 0.3 is 0 Å². The van der Waals surface area contributed by atoms with Crippen LogP contribution < -0.4 is 0 Å². The molecule has 21 heavy (non-hydrogen) atoms. The SMILES string of the molecule is Cc1ccccc1CC(=O)N1CCN(C2CCCC2)CC1. The summed E-state index contributed by atoms with van der Waals surface area (Å²) in [7, 11) is 0. The molecule has 0 unspecified atom stereocenters. The zero-order valence-corrected chi connectivity index (χ0v) is 13.1. The number of carbonyl (C=O) groups is 1. The van der Waals surface area contributed by atoms with Gasteiger partial charge in [0.1, 0.15) is 0 Å². The van der Waals surface area contributed by atoms with Gasteiger partial charge in [0.25, 0.3) is 0 Å². The van der Waals surface area contributed by atoms with Crippen molar-refractivity contribution in [1.29, 1.82) is 0 Å². The predicted octanol–water partition coefficient (Wildman–Crippen LogP) is 2.62. The topological polar surface area (TPSA) is 23.6 Å². The van der Waals surface area contributed by atoms with Crippen LogP contribution in [-0.4, -0.2) is 47.9 Å². The van der Waals surface area contributed by atoms with Crippen molar-refractivity contribution in [2.75, 3.05) is 26.2 Å². The Kier molecular flexibility index (Phi) is 4.59. The molecule has 1 amide bonds. The smallest absolute Gasteiger partial charge is 0.227 e. The summed E-state index contributed by atoms with van der Waals surface area (Å²) < 4.78 is 0. The predicted molar refractivity (Wildman–Crippen MR) is 85.3 cm³/mol. The first-order valence-corrected chi connectivity index (χ1v) is 8.30. The number of rotatable bonds is 3. The maximum Gasteiger partial charge on any atom is 0.227 e. The highest BCUT2D eigenvalue weighted by Crippen LogP contribution is 2.24. The molecule has 1 heterocycles. The highest BCUT2D eigenvalue weighted by molar-refractivity contribution is 5.79. The molecule has 1 aromatic rings. The second kappa shape index (κ2) is 6.61. The molecule has 3 rings (SSSR count). The average Bonchev–Trinajstić information content (AvgIpc) is 3.04. The Morgan fingerprint density at radius 1 is 1.10 bits per heavy atom. The third-order valence-electron chi connectivity index (χ3n) is 5.11. The summed E-state index contributed by atoms with van der Waals surface area (Å²) in [6.07, 6.45) is 6.04. The van der Waals surface area contributed by atoms with Gasteiger partial charge in [-0.05, 0) is 30.9 Å². The van der Waals surface area contributed by atoms with E-state index < -0.39 is 0 Å². The number of piperazine rings is 1. The van der Waals surface area contributed by atoms with E-state index in [-0.39, 0.29) is 5.91 Å². The molecule has 0 bridgehead atoms. The molecular weight excluding hydrogens is 260 g/mol. The van der Waals surface area contributed by atoms with Crippen molar-refractivity contribution in [3.8, 4) is 0 Å². The van der Waals surface area contributed by atoms with Gasteiger partial charge < -0.3 is 4.90 Å². The van der Waals surface area contributed by atoms with Crippen LogP contribution in [-0.2, 0) is 11.2 Å². The lowest BCUT2D eigenvalue weighted by Crippen LogP contribution is -2.51. The minimum Gasteiger partial charge on any atom is -0.340 e. The molecule has 2 aliphatic rings. The number of amides is 1. The number of nitrogens with zero attached hydrogens (tertiary/aromatic N) is 2. The Bertz CT molecular complexity index is 486. The van der Waals surface area contributed by atoms with E-state index in [2.05, 4.69) is 28.9 Å². The normalized spacial score (nSPS) is 20.9.